The van der Waals surface area contributed by atoms with Gasteiger partial charge in [0.15, 0.2) is 0 Å². The number of hydrogen-bond donors (Lipinski definition) is 1. The molecular weight excluding hydrogens is 257 g/mol. The topological polar surface area (TPSA) is 64.9 Å². The van der Waals surface area contributed by atoms with Gasteiger partial charge in [0, 0.05) is 5.56 Å². The molecule has 3 rings (SSSR count). The molecule has 4 nitrogen and oxygen atoms in total. The predicted octanol–water partition coefficient (Wildman–Crippen LogP) is 2.92. The molecule has 2 aromatic carbocycles. The van der Waals surface area contributed by atoms with Crippen molar-refractivity contribution in [2.45, 2.75) is 6.04 Å². The van der Waals surface area contributed by atoms with Crippen LogP contribution in [0.4, 0.5) is 4.39 Å². The molecule has 0 saturated carbocycles. The van der Waals surface area contributed by atoms with Crippen LogP contribution in [-0.4, -0.2) is 10.2 Å². The van der Waals surface area contributed by atoms with E-state index in [0.29, 0.717) is 17.3 Å². The summed E-state index contributed by atoms with van der Waals surface area (Å²) in [7, 11) is 0. The van der Waals surface area contributed by atoms with Gasteiger partial charge in [-0.25, -0.2) is 4.39 Å². The number of hydrogen-bond acceptors (Lipinski definition) is 4. The van der Waals surface area contributed by atoms with Crippen molar-refractivity contribution >= 4 is 0 Å². The fourth-order valence-electron chi connectivity index (χ4n) is 1.87. The van der Waals surface area contributed by atoms with Gasteiger partial charge < -0.3 is 10.2 Å². The van der Waals surface area contributed by atoms with Gasteiger partial charge in [0.25, 0.3) is 0 Å². The van der Waals surface area contributed by atoms with Crippen LogP contribution in [0.15, 0.2) is 59.0 Å². The second-order valence-electron chi connectivity index (χ2n) is 4.34. The Morgan fingerprint density at radius 1 is 0.950 bits per heavy atom. The smallest absolute Gasteiger partial charge is 0.247 e. The van der Waals surface area contributed by atoms with E-state index in [1.807, 2.05) is 30.3 Å². The molecule has 100 valence electrons. The third-order valence-corrected chi connectivity index (χ3v) is 2.96. The fourth-order valence-corrected chi connectivity index (χ4v) is 1.87. The van der Waals surface area contributed by atoms with Crippen LogP contribution in [0.5, 0.6) is 0 Å². The second kappa shape index (κ2) is 5.22. The fraction of sp³-hybridized carbons (Fsp3) is 0.0667. The molecule has 0 aliphatic carbocycles. The van der Waals surface area contributed by atoms with Crippen LogP contribution in [0.2, 0.25) is 0 Å². The lowest BCUT2D eigenvalue weighted by Gasteiger charge is -2.06. The van der Waals surface area contributed by atoms with Crippen molar-refractivity contribution in [1.29, 1.82) is 0 Å². The lowest BCUT2D eigenvalue weighted by Crippen LogP contribution is -2.11. The van der Waals surface area contributed by atoms with Gasteiger partial charge in [0.2, 0.25) is 11.8 Å². The number of aromatic nitrogens is 2. The van der Waals surface area contributed by atoms with Crippen molar-refractivity contribution in [3.05, 3.63) is 71.9 Å². The summed E-state index contributed by atoms with van der Waals surface area (Å²) in [5.74, 6) is 0.344. The van der Waals surface area contributed by atoms with Crippen molar-refractivity contribution in [3.8, 4) is 11.5 Å². The van der Waals surface area contributed by atoms with Gasteiger partial charge in [0.05, 0.1) is 0 Å². The Morgan fingerprint density at radius 3 is 2.35 bits per heavy atom. The van der Waals surface area contributed by atoms with E-state index >= 15 is 0 Å². The number of nitrogens with two attached hydrogens (primary N) is 1. The van der Waals surface area contributed by atoms with Crippen molar-refractivity contribution in [1.82, 2.24) is 10.2 Å². The average molecular weight is 269 g/mol. The van der Waals surface area contributed by atoms with Gasteiger partial charge in [-0.3, -0.25) is 0 Å². The summed E-state index contributed by atoms with van der Waals surface area (Å²) < 4.78 is 18.4. The van der Waals surface area contributed by atoms with E-state index in [1.54, 1.807) is 12.1 Å². The van der Waals surface area contributed by atoms with Crippen LogP contribution in [0.1, 0.15) is 17.5 Å². The van der Waals surface area contributed by atoms with Crippen LogP contribution < -0.4 is 5.73 Å². The highest BCUT2D eigenvalue weighted by molar-refractivity contribution is 5.52. The van der Waals surface area contributed by atoms with Crippen molar-refractivity contribution in [2.75, 3.05) is 0 Å². The molecule has 0 fully saturated rings. The Morgan fingerprint density at radius 2 is 1.65 bits per heavy atom. The first-order valence-electron chi connectivity index (χ1n) is 6.14. The van der Waals surface area contributed by atoms with E-state index in [-0.39, 0.29) is 5.82 Å². The maximum atomic E-state index is 12.9. The second-order valence-corrected chi connectivity index (χ2v) is 4.34. The maximum Gasteiger partial charge on any atom is 0.247 e. The SMILES string of the molecule is NC(c1ccccc1)c1nnc(-c2ccc(F)cc2)o1. The number of nitrogens with zero attached hydrogens (tertiary/aromatic N) is 2. The Balaban J connectivity index is 1.89. The highest BCUT2D eigenvalue weighted by Crippen LogP contribution is 2.23. The molecule has 0 spiro atoms. The molecule has 0 saturated heterocycles. The molecular formula is C15H12FN3O. The lowest BCUT2D eigenvalue weighted by atomic mass is 10.1. The molecule has 2 N–H and O–H groups in total. The van der Waals surface area contributed by atoms with Gasteiger partial charge >= 0.3 is 0 Å². The highest BCUT2D eigenvalue weighted by Gasteiger charge is 2.16. The van der Waals surface area contributed by atoms with Gasteiger partial charge in [-0.2, -0.15) is 0 Å². The van der Waals surface area contributed by atoms with E-state index in [1.165, 1.54) is 12.1 Å². The van der Waals surface area contributed by atoms with E-state index in [0.717, 1.165) is 5.56 Å². The minimum Gasteiger partial charge on any atom is -0.419 e. The van der Waals surface area contributed by atoms with E-state index < -0.39 is 6.04 Å². The molecule has 1 aromatic heterocycles. The van der Waals surface area contributed by atoms with Gasteiger partial charge in [0.1, 0.15) is 11.9 Å². The molecule has 1 heterocycles. The summed E-state index contributed by atoms with van der Waals surface area (Å²) in [4.78, 5) is 0. The maximum absolute atomic E-state index is 12.9. The van der Waals surface area contributed by atoms with E-state index in [4.69, 9.17) is 10.2 Å². The monoisotopic (exact) mass is 269 g/mol. The molecule has 20 heavy (non-hydrogen) atoms. The number of benzene rings is 2. The molecule has 5 heteroatoms. The number of rotatable bonds is 3. The standard InChI is InChI=1S/C15H12FN3O/c16-12-8-6-11(7-9-12)14-18-19-15(20-14)13(17)10-4-2-1-3-5-10/h1-9,13H,17H2. The Kier molecular flexibility index (Phi) is 3.26. The zero-order valence-corrected chi connectivity index (χ0v) is 10.5. The molecule has 1 unspecified atom stereocenters. The van der Waals surface area contributed by atoms with Crippen LogP contribution in [0.25, 0.3) is 11.5 Å². The van der Waals surface area contributed by atoms with Crippen LogP contribution in [-0.2, 0) is 0 Å². The van der Waals surface area contributed by atoms with Gasteiger partial charge in [-0.15, -0.1) is 10.2 Å². The van der Waals surface area contributed by atoms with Gasteiger partial charge in [-0.05, 0) is 29.8 Å². The quantitative estimate of drug-likeness (QED) is 0.794. The summed E-state index contributed by atoms with van der Waals surface area (Å²) in [6, 6.07) is 14.9. The summed E-state index contributed by atoms with van der Waals surface area (Å²) in [6.07, 6.45) is 0. The predicted molar refractivity (Wildman–Crippen MR) is 72.2 cm³/mol. The van der Waals surface area contributed by atoms with Crippen LogP contribution >= 0.6 is 0 Å². The average Bonchev–Trinajstić information content (AvgIpc) is 2.98. The zero-order valence-electron chi connectivity index (χ0n) is 10.5. The van der Waals surface area contributed by atoms with E-state index in [9.17, 15) is 4.39 Å². The first kappa shape index (κ1) is 12.5. The Bertz CT molecular complexity index is 695. The largest absolute Gasteiger partial charge is 0.419 e. The Hall–Kier alpha value is -2.53. The van der Waals surface area contributed by atoms with Crippen molar-refractivity contribution < 1.29 is 8.81 Å². The minimum atomic E-state index is -0.474. The number of halogens is 1. The van der Waals surface area contributed by atoms with Crippen molar-refractivity contribution in [3.63, 3.8) is 0 Å². The molecule has 1 atom stereocenters. The molecule has 0 amide bonds. The summed E-state index contributed by atoms with van der Waals surface area (Å²) in [5.41, 5.74) is 7.62. The minimum absolute atomic E-state index is 0.311. The normalized spacial score (nSPS) is 12.3. The molecule has 0 bridgehead atoms. The van der Waals surface area contributed by atoms with Crippen molar-refractivity contribution in [2.24, 2.45) is 5.73 Å². The van der Waals surface area contributed by atoms with E-state index in [2.05, 4.69) is 10.2 Å². The Labute approximate surface area is 115 Å². The molecule has 0 aliphatic heterocycles. The molecule has 0 radical (unpaired) electrons. The molecule has 3 aromatic rings. The lowest BCUT2D eigenvalue weighted by molar-refractivity contribution is 0.484. The zero-order chi connectivity index (χ0) is 13.9. The summed E-state index contributed by atoms with van der Waals surface area (Å²) >= 11 is 0. The van der Waals surface area contributed by atoms with Crippen LogP contribution in [0, 0.1) is 5.82 Å². The van der Waals surface area contributed by atoms with Gasteiger partial charge in [-0.1, -0.05) is 30.3 Å². The first-order chi connectivity index (χ1) is 9.74. The van der Waals surface area contributed by atoms with Crippen LogP contribution in [0.3, 0.4) is 0 Å². The summed E-state index contributed by atoms with van der Waals surface area (Å²) in [5, 5.41) is 7.90. The third-order valence-electron chi connectivity index (χ3n) is 2.96. The highest BCUT2D eigenvalue weighted by atomic mass is 19.1. The third kappa shape index (κ3) is 2.44. The molecule has 0 aliphatic rings. The summed E-state index contributed by atoms with van der Waals surface area (Å²) in [6.45, 7) is 0. The first-order valence-corrected chi connectivity index (χ1v) is 6.14.